The van der Waals surface area contributed by atoms with Gasteiger partial charge in [0.25, 0.3) is 0 Å². The predicted octanol–water partition coefficient (Wildman–Crippen LogP) is 2.59. The maximum absolute atomic E-state index is 11.8. The van der Waals surface area contributed by atoms with E-state index in [4.69, 9.17) is 15.2 Å². The molecule has 27 heavy (non-hydrogen) atoms. The van der Waals surface area contributed by atoms with Crippen molar-refractivity contribution in [2.75, 3.05) is 13.2 Å². The van der Waals surface area contributed by atoms with Crippen LogP contribution in [0.1, 0.15) is 24.0 Å². The molecule has 3 N–H and O–H groups in total. The number of alkyl carbamates (subject to hydrolysis) is 1. The van der Waals surface area contributed by atoms with Crippen molar-refractivity contribution in [3.8, 4) is 5.75 Å². The summed E-state index contributed by atoms with van der Waals surface area (Å²) in [6.45, 7) is 0.601. The predicted molar refractivity (Wildman–Crippen MR) is 101 cm³/mol. The Kier molecular flexibility index (Phi) is 5.96. The van der Waals surface area contributed by atoms with Crippen LogP contribution in [0.2, 0.25) is 0 Å². The summed E-state index contributed by atoms with van der Waals surface area (Å²) in [4.78, 5) is 23.1. The van der Waals surface area contributed by atoms with Gasteiger partial charge in [-0.3, -0.25) is 4.79 Å². The molecule has 1 atom stereocenters. The van der Waals surface area contributed by atoms with Crippen LogP contribution in [-0.4, -0.2) is 30.8 Å². The molecule has 6 nitrogen and oxygen atoms in total. The zero-order chi connectivity index (χ0) is 19.1. The third-order valence-corrected chi connectivity index (χ3v) is 4.72. The molecule has 1 fully saturated rings. The second-order valence-electron chi connectivity index (χ2n) is 6.73. The number of aryl methyl sites for hydroxylation is 2. The maximum atomic E-state index is 11.8. The third kappa shape index (κ3) is 5.00. The molecule has 3 rings (SSSR count). The molecule has 2 aromatic rings. The van der Waals surface area contributed by atoms with E-state index < -0.39 is 17.5 Å². The molecule has 1 saturated heterocycles. The van der Waals surface area contributed by atoms with Gasteiger partial charge >= 0.3 is 6.09 Å². The minimum absolute atomic E-state index is 0.0309. The van der Waals surface area contributed by atoms with Gasteiger partial charge in [0.05, 0.1) is 6.61 Å². The first-order valence-corrected chi connectivity index (χ1v) is 9.08. The van der Waals surface area contributed by atoms with Crippen molar-refractivity contribution in [3.05, 3.63) is 65.7 Å². The van der Waals surface area contributed by atoms with Crippen LogP contribution in [0.3, 0.4) is 0 Å². The number of ether oxygens (including phenoxy) is 2. The van der Waals surface area contributed by atoms with Crippen LogP contribution in [0.15, 0.2) is 54.6 Å². The normalized spacial score (nSPS) is 18.6. The summed E-state index contributed by atoms with van der Waals surface area (Å²) in [7, 11) is 0. The second-order valence-corrected chi connectivity index (χ2v) is 6.73. The Bertz CT molecular complexity index is 794. The van der Waals surface area contributed by atoms with E-state index in [-0.39, 0.29) is 6.61 Å². The molecule has 1 heterocycles. The lowest BCUT2D eigenvalue weighted by Gasteiger charge is -2.22. The Balaban J connectivity index is 1.50. The van der Waals surface area contributed by atoms with Crippen molar-refractivity contribution in [1.82, 2.24) is 5.32 Å². The van der Waals surface area contributed by atoms with Gasteiger partial charge in [0.1, 0.15) is 12.4 Å². The first-order valence-electron chi connectivity index (χ1n) is 9.08. The fourth-order valence-corrected chi connectivity index (χ4v) is 3.11. The van der Waals surface area contributed by atoms with Crippen LogP contribution in [0.25, 0.3) is 0 Å². The van der Waals surface area contributed by atoms with E-state index in [0.29, 0.717) is 19.4 Å². The van der Waals surface area contributed by atoms with Gasteiger partial charge in [0.15, 0.2) is 5.54 Å². The van der Waals surface area contributed by atoms with Crippen LogP contribution in [0, 0.1) is 0 Å². The number of hydrogen-bond donors (Lipinski definition) is 2. The van der Waals surface area contributed by atoms with E-state index in [9.17, 15) is 9.59 Å². The Labute approximate surface area is 158 Å². The molecule has 1 aliphatic heterocycles. The minimum atomic E-state index is -1.14. The third-order valence-electron chi connectivity index (χ3n) is 4.72. The highest BCUT2D eigenvalue weighted by Crippen LogP contribution is 2.22. The fourth-order valence-electron chi connectivity index (χ4n) is 3.11. The first kappa shape index (κ1) is 18.8. The average molecular weight is 368 g/mol. The van der Waals surface area contributed by atoms with E-state index in [1.807, 2.05) is 42.5 Å². The van der Waals surface area contributed by atoms with E-state index in [1.165, 1.54) is 5.56 Å². The number of benzene rings is 2. The average Bonchev–Trinajstić information content (AvgIpc) is 3.07. The molecular weight excluding hydrogens is 344 g/mol. The second kappa shape index (κ2) is 8.58. The van der Waals surface area contributed by atoms with Crippen molar-refractivity contribution in [2.45, 2.75) is 31.2 Å². The van der Waals surface area contributed by atoms with E-state index in [1.54, 1.807) is 0 Å². The zero-order valence-electron chi connectivity index (χ0n) is 15.1. The summed E-state index contributed by atoms with van der Waals surface area (Å²) >= 11 is 0. The Morgan fingerprint density at radius 3 is 2.59 bits per heavy atom. The standard InChI is InChI=1S/C21H24N2O4/c22-19(24)21(15-27-20(25)23-21)12-11-17-8-4-10-18(14-17)26-13-5-9-16-6-2-1-3-7-16/h1-4,6-8,10,14H,5,9,11-13,15H2,(H2,22,24)(H,23,25). The van der Waals surface area contributed by atoms with Gasteiger partial charge in [-0.2, -0.15) is 0 Å². The molecule has 1 aliphatic rings. The monoisotopic (exact) mass is 368 g/mol. The highest BCUT2D eigenvalue weighted by Gasteiger charge is 2.44. The highest BCUT2D eigenvalue weighted by molar-refractivity contribution is 5.91. The number of hydrogen-bond acceptors (Lipinski definition) is 4. The van der Waals surface area contributed by atoms with Crippen molar-refractivity contribution in [2.24, 2.45) is 5.73 Å². The lowest BCUT2D eigenvalue weighted by atomic mass is 9.92. The van der Waals surface area contributed by atoms with Gasteiger partial charge in [0, 0.05) is 0 Å². The molecule has 0 radical (unpaired) electrons. The number of nitrogens with one attached hydrogen (secondary N) is 1. The SMILES string of the molecule is NC(=O)C1(CCc2cccc(OCCCc3ccccc3)c2)COC(=O)N1. The molecule has 6 heteroatoms. The van der Waals surface area contributed by atoms with Crippen LogP contribution in [0.4, 0.5) is 4.79 Å². The van der Waals surface area contributed by atoms with Crippen LogP contribution in [0.5, 0.6) is 5.75 Å². The summed E-state index contributed by atoms with van der Waals surface area (Å²) < 4.78 is 10.7. The number of carbonyl (C=O) groups is 2. The molecule has 1 unspecified atom stereocenters. The summed E-state index contributed by atoms with van der Waals surface area (Å²) in [5.74, 6) is 0.210. The van der Waals surface area contributed by atoms with Gasteiger partial charge in [0.2, 0.25) is 5.91 Å². The Hall–Kier alpha value is -3.02. The topological polar surface area (TPSA) is 90.7 Å². The minimum Gasteiger partial charge on any atom is -0.494 e. The number of cyclic esters (lactones) is 1. The van der Waals surface area contributed by atoms with Crippen LogP contribution < -0.4 is 15.8 Å². The molecule has 2 aromatic carbocycles. The number of rotatable bonds is 9. The molecule has 142 valence electrons. The number of carbonyl (C=O) groups excluding carboxylic acids is 2. The van der Waals surface area contributed by atoms with Crippen LogP contribution in [-0.2, 0) is 22.4 Å². The van der Waals surface area contributed by atoms with Gasteiger partial charge in [-0.25, -0.2) is 4.79 Å². The molecule has 0 bridgehead atoms. The fraction of sp³-hybridized carbons (Fsp3) is 0.333. The van der Waals surface area contributed by atoms with Crippen molar-refractivity contribution in [3.63, 3.8) is 0 Å². The zero-order valence-corrected chi connectivity index (χ0v) is 15.1. The first-order chi connectivity index (χ1) is 13.1. The highest BCUT2D eigenvalue weighted by atomic mass is 16.6. The molecule has 0 aliphatic carbocycles. The summed E-state index contributed by atoms with van der Waals surface area (Å²) in [5, 5.41) is 2.54. The van der Waals surface area contributed by atoms with E-state index in [0.717, 1.165) is 24.2 Å². The van der Waals surface area contributed by atoms with E-state index >= 15 is 0 Å². The lowest BCUT2D eigenvalue weighted by molar-refractivity contribution is -0.124. The lowest BCUT2D eigenvalue weighted by Crippen LogP contribution is -2.54. The van der Waals surface area contributed by atoms with Gasteiger partial charge in [-0.1, -0.05) is 42.5 Å². The summed E-state index contributed by atoms with van der Waals surface area (Å²) in [6, 6.07) is 18.1. The van der Waals surface area contributed by atoms with Gasteiger partial charge < -0.3 is 20.5 Å². The summed E-state index contributed by atoms with van der Waals surface area (Å²) in [6.07, 6.45) is 2.26. The molecule has 0 aromatic heterocycles. The Morgan fingerprint density at radius 1 is 1.11 bits per heavy atom. The van der Waals surface area contributed by atoms with E-state index in [2.05, 4.69) is 17.4 Å². The molecular formula is C21H24N2O4. The summed E-state index contributed by atoms with van der Waals surface area (Å²) in [5.41, 5.74) is 6.63. The van der Waals surface area contributed by atoms with Gasteiger partial charge in [-0.15, -0.1) is 0 Å². The van der Waals surface area contributed by atoms with Crippen LogP contribution >= 0.6 is 0 Å². The molecule has 2 amide bonds. The number of amides is 2. The largest absolute Gasteiger partial charge is 0.494 e. The maximum Gasteiger partial charge on any atom is 0.408 e. The van der Waals surface area contributed by atoms with Gasteiger partial charge in [-0.05, 0) is 48.9 Å². The van der Waals surface area contributed by atoms with Crippen molar-refractivity contribution < 1.29 is 19.1 Å². The molecule has 0 spiro atoms. The number of nitrogens with two attached hydrogens (primary N) is 1. The molecule has 0 saturated carbocycles. The Morgan fingerprint density at radius 2 is 1.89 bits per heavy atom. The van der Waals surface area contributed by atoms with Crippen molar-refractivity contribution in [1.29, 1.82) is 0 Å². The quantitative estimate of drug-likeness (QED) is 0.666. The van der Waals surface area contributed by atoms with Crippen molar-refractivity contribution >= 4 is 12.0 Å². The smallest absolute Gasteiger partial charge is 0.408 e. The number of primary amides is 1.